The van der Waals surface area contributed by atoms with Crippen LogP contribution in [-0.2, 0) is 14.4 Å². The third kappa shape index (κ3) is 3.71. The van der Waals surface area contributed by atoms with Gasteiger partial charge in [0.25, 0.3) is 0 Å². The molecule has 2 fully saturated rings. The molecule has 0 aromatic rings. The summed E-state index contributed by atoms with van der Waals surface area (Å²) in [7, 11) is 0. The van der Waals surface area contributed by atoms with E-state index in [-0.39, 0.29) is 29.9 Å². The number of hydrogen-bond acceptors (Lipinski definition) is 3. The standard InChI is InChI=1S/C16H23NO4/c1-2-3-4-5-12-11(6-7-13(12)18)10-14(19)17-16(8-9-16)15(20)21/h3-4,11-12H,2,5-10H2,1H3,(H,17,19)(H,20,21)/b4-3-/t11-,12-/m1/s1. The van der Waals surface area contributed by atoms with Crippen molar-refractivity contribution in [2.45, 2.75) is 57.4 Å². The van der Waals surface area contributed by atoms with Crippen molar-refractivity contribution in [1.82, 2.24) is 5.32 Å². The quantitative estimate of drug-likeness (QED) is 0.704. The third-order valence-corrected chi connectivity index (χ3v) is 4.52. The van der Waals surface area contributed by atoms with Gasteiger partial charge in [0.2, 0.25) is 5.91 Å². The lowest BCUT2D eigenvalue weighted by atomic mass is 9.89. The van der Waals surface area contributed by atoms with Crippen LogP contribution in [0, 0.1) is 11.8 Å². The molecule has 2 N–H and O–H groups in total. The van der Waals surface area contributed by atoms with Gasteiger partial charge in [0, 0.05) is 18.8 Å². The fraction of sp³-hybridized carbons (Fsp3) is 0.688. The van der Waals surface area contributed by atoms with E-state index < -0.39 is 11.5 Å². The fourth-order valence-electron chi connectivity index (χ4n) is 3.03. The van der Waals surface area contributed by atoms with Gasteiger partial charge in [-0.2, -0.15) is 0 Å². The van der Waals surface area contributed by atoms with Gasteiger partial charge in [-0.1, -0.05) is 19.1 Å². The molecule has 21 heavy (non-hydrogen) atoms. The average Bonchev–Trinajstić information content (AvgIpc) is 3.13. The molecule has 5 heteroatoms. The van der Waals surface area contributed by atoms with E-state index in [9.17, 15) is 14.4 Å². The second-order valence-corrected chi connectivity index (χ2v) is 6.13. The Morgan fingerprint density at radius 1 is 1.38 bits per heavy atom. The molecule has 0 saturated heterocycles. The van der Waals surface area contributed by atoms with Crippen molar-refractivity contribution in [2.75, 3.05) is 0 Å². The lowest BCUT2D eigenvalue weighted by molar-refractivity contribution is -0.143. The number of aliphatic carboxylic acids is 1. The van der Waals surface area contributed by atoms with Crippen LogP contribution in [0.15, 0.2) is 12.2 Å². The predicted octanol–water partition coefficient (Wildman–Crippen LogP) is 2.06. The van der Waals surface area contributed by atoms with Crippen LogP contribution in [0.1, 0.15) is 51.9 Å². The molecular formula is C16H23NO4. The van der Waals surface area contributed by atoms with E-state index in [4.69, 9.17) is 5.11 Å². The Morgan fingerprint density at radius 3 is 2.67 bits per heavy atom. The zero-order valence-corrected chi connectivity index (χ0v) is 12.4. The Bertz CT molecular complexity index is 465. The maximum Gasteiger partial charge on any atom is 0.329 e. The number of ketones is 1. The van der Waals surface area contributed by atoms with Gasteiger partial charge in [0.15, 0.2) is 0 Å². The highest BCUT2D eigenvalue weighted by molar-refractivity contribution is 5.90. The summed E-state index contributed by atoms with van der Waals surface area (Å²) >= 11 is 0. The highest BCUT2D eigenvalue weighted by atomic mass is 16.4. The molecule has 2 aliphatic carbocycles. The van der Waals surface area contributed by atoms with Crippen LogP contribution < -0.4 is 5.32 Å². The molecule has 5 nitrogen and oxygen atoms in total. The van der Waals surface area contributed by atoms with Gasteiger partial charge in [-0.05, 0) is 38.0 Å². The Balaban J connectivity index is 1.88. The first kappa shape index (κ1) is 15.7. The molecule has 2 saturated carbocycles. The molecule has 0 radical (unpaired) electrons. The van der Waals surface area contributed by atoms with Crippen LogP contribution in [0.5, 0.6) is 0 Å². The maximum absolute atomic E-state index is 12.0. The summed E-state index contributed by atoms with van der Waals surface area (Å²) in [5, 5.41) is 11.7. The molecule has 2 atom stereocenters. The minimum Gasteiger partial charge on any atom is -0.480 e. The van der Waals surface area contributed by atoms with Crippen molar-refractivity contribution < 1.29 is 19.5 Å². The summed E-state index contributed by atoms with van der Waals surface area (Å²) in [4.78, 5) is 35.0. The summed E-state index contributed by atoms with van der Waals surface area (Å²) < 4.78 is 0. The molecule has 0 bridgehead atoms. The lowest BCUT2D eigenvalue weighted by Gasteiger charge is -2.18. The number of allylic oxidation sites excluding steroid dienone is 2. The number of carbonyl (C=O) groups excluding carboxylic acids is 2. The highest BCUT2D eigenvalue weighted by Gasteiger charge is 2.51. The first-order chi connectivity index (χ1) is 9.98. The number of carboxylic acid groups (broad SMARTS) is 1. The Morgan fingerprint density at radius 2 is 2.10 bits per heavy atom. The Hall–Kier alpha value is -1.65. The summed E-state index contributed by atoms with van der Waals surface area (Å²) in [6, 6.07) is 0. The Labute approximate surface area is 124 Å². The number of nitrogens with one attached hydrogen (secondary N) is 1. The summed E-state index contributed by atoms with van der Waals surface area (Å²) in [6.07, 6.45) is 8.20. The van der Waals surface area contributed by atoms with Gasteiger partial charge in [-0.3, -0.25) is 9.59 Å². The summed E-state index contributed by atoms with van der Waals surface area (Å²) in [6.45, 7) is 2.04. The van der Waals surface area contributed by atoms with Crippen molar-refractivity contribution in [1.29, 1.82) is 0 Å². The van der Waals surface area contributed by atoms with Crippen molar-refractivity contribution in [3.63, 3.8) is 0 Å². The lowest BCUT2D eigenvalue weighted by Crippen LogP contribution is -2.43. The normalized spacial score (nSPS) is 27.0. The number of hydrogen-bond donors (Lipinski definition) is 2. The van der Waals surface area contributed by atoms with Crippen molar-refractivity contribution in [3.8, 4) is 0 Å². The zero-order chi connectivity index (χ0) is 15.5. The molecule has 1 amide bonds. The SMILES string of the molecule is CC/C=C\C[C@H]1C(=O)CC[C@@H]1CC(=O)NC1(C(=O)O)CC1. The molecule has 0 unspecified atom stereocenters. The number of Topliss-reactive ketones (excluding diaryl/α,β-unsaturated/α-hetero) is 1. The molecule has 0 aliphatic heterocycles. The topological polar surface area (TPSA) is 83.5 Å². The van der Waals surface area contributed by atoms with Gasteiger partial charge in [-0.15, -0.1) is 0 Å². The second kappa shape index (κ2) is 6.41. The van der Waals surface area contributed by atoms with Crippen molar-refractivity contribution >= 4 is 17.7 Å². The largest absolute Gasteiger partial charge is 0.480 e. The van der Waals surface area contributed by atoms with E-state index in [0.29, 0.717) is 25.7 Å². The van der Waals surface area contributed by atoms with E-state index in [1.807, 2.05) is 19.1 Å². The number of carbonyl (C=O) groups is 3. The Kier molecular flexibility index (Phi) is 4.80. The second-order valence-electron chi connectivity index (χ2n) is 6.13. The molecule has 2 aliphatic rings. The van der Waals surface area contributed by atoms with Crippen LogP contribution in [0.25, 0.3) is 0 Å². The van der Waals surface area contributed by atoms with Crippen LogP contribution in [-0.4, -0.2) is 28.3 Å². The number of carboxylic acids is 1. The minimum absolute atomic E-state index is 0.0450. The van der Waals surface area contributed by atoms with Gasteiger partial charge >= 0.3 is 5.97 Å². The van der Waals surface area contributed by atoms with Gasteiger partial charge in [0.05, 0.1) is 0 Å². The van der Waals surface area contributed by atoms with E-state index in [2.05, 4.69) is 5.32 Å². The first-order valence-electron chi connectivity index (χ1n) is 7.70. The summed E-state index contributed by atoms with van der Waals surface area (Å²) in [5.74, 6) is -1.00. The first-order valence-corrected chi connectivity index (χ1v) is 7.70. The van der Waals surface area contributed by atoms with E-state index in [1.165, 1.54) is 0 Å². The molecule has 116 valence electrons. The molecule has 0 spiro atoms. The highest BCUT2D eigenvalue weighted by Crippen LogP contribution is 2.37. The molecule has 0 aromatic heterocycles. The average molecular weight is 293 g/mol. The molecular weight excluding hydrogens is 270 g/mol. The van der Waals surface area contributed by atoms with Gasteiger partial charge < -0.3 is 10.4 Å². The fourth-order valence-corrected chi connectivity index (χ4v) is 3.03. The van der Waals surface area contributed by atoms with E-state index in [0.717, 1.165) is 12.8 Å². The van der Waals surface area contributed by atoms with Crippen molar-refractivity contribution in [2.24, 2.45) is 11.8 Å². The number of amides is 1. The predicted molar refractivity (Wildman–Crippen MR) is 77.6 cm³/mol. The van der Waals surface area contributed by atoms with E-state index in [1.54, 1.807) is 0 Å². The smallest absolute Gasteiger partial charge is 0.329 e. The maximum atomic E-state index is 12.0. The van der Waals surface area contributed by atoms with Crippen LogP contribution in [0.4, 0.5) is 0 Å². The van der Waals surface area contributed by atoms with Crippen LogP contribution in [0.2, 0.25) is 0 Å². The third-order valence-electron chi connectivity index (χ3n) is 4.52. The van der Waals surface area contributed by atoms with Crippen molar-refractivity contribution in [3.05, 3.63) is 12.2 Å². The number of rotatable bonds is 7. The minimum atomic E-state index is -1.03. The molecule has 0 heterocycles. The van der Waals surface area contributed by atoms with Gasteiger partial charge in [-0.25, -0.2) is 4.79 Å². The van der Waals surface area contributed by atoms with E-state index >= 15 is 0 Å². The van der Waals surface area contributed by atoms with Crippen LogP contribution in [0.3, 0.4) is 0 Å². The van der Waals surface area contributed by atoms with Crippen LogP contribution >= 0.6 is 0 Å². The molecule has 2 rings (SSSR count). The summed E-state index contributed by atoms with van der Waals surface area (Å²) in [5.41, 5.74) is -1.03. The zero-order valence-electron chi connectivity index (χ0n) is 12.4. The monoisotopic (exact) mass is 293 g/mol. The van der Waals surface area contributed by atoms with Gasteiger partial charge in [0.1, 0.15) is 11.3 Å². The molecule has 0 aromatic carbocycles.